The molecule has 20 heavy (non-hydrogen) atoms. The minimum atomic E-state index is 0.584. The summed E-state index contributed by atoms with van der Waals surface area (Å²) in [6.45, 7) is 6.36. The summed E-state index contributed by atoms with van der Waals surface area (Å²) in [6, 6.07) is 12.0. The molecule has 1 aliphatic rings. The Morgan fingerprint density at radius 2 is 2.10 bits per heavy atom. The van der Waals surface area contributed by atoms with Crippen molar-refractivity contribution in [3.63, 3.8) is 0 Å². The van der Waals surface area contributed by atoms with Crippen LogP contribution in [0, 0.1) is 0 Å². The Kier molecular flexibility index (Phi) is 6.51. The third-order valence-corrected chi connectivity index (χ3v) is 4.15. The first-order valence-electron chi connectivity index (χ1n) is 7.83. The summed E-state index contributed by atoms with van der Waals surface area (Å²) >= 11 is 0. The number of rotatable bonds is 7. The Morgan fingerprint density at radius 1 is 1.30 bits per heavy atom. The van der Waals surface area contributed by atoms with Gasteiger partial charge in [-0.1, -0.05) is 43.7 Å². The van der Waals surface area contributed by atoms with Crippen molar-refractivity contribution in [2.45, 2.75) is 38.3 Å². The van der Waals surface area contributed by atoms with Crippen LogP contribution in [0.1, 0.15) is 25.3 Å². The molecule has 2 unspecified atom stereocenters. The SMILES string of the molecule is CCCC1CN(CCOC)C(Cc2ccccc2)CN1. The maximum atomic E-state index is 5.28. The molecule has 0 amide bonds. The van der Waals surface area contributed by atoms with E-state index in [2.05, 4.69) is 47.5 Å². The van der Waals surface area contributed by atoms with Crippen molar-refractivity contribution in [2.24, 2.45) is 0 Å². The van der Waals surface area contributed by atoms with Gasteiger partial charge in [0.1, 0.15) is 0 Å². The van der Waals surface area contributed by atoms with Crippen molar-refractivity contribution in [1.82, 2.24) is 10.2 Å². The second kappa shape index (κ2) is 8.40. The van der Waals surface area contributed by atoms with E-state index >= 15 is 0 Å². The standard InChI is InChI=1S/C17H28N2O/c1-3-7-16-14-19(10-11-20-2)17(13-18-16)12-15-8-5-4-6-9-15/h4-6,8-9,16-18H,3,7,10-14H2,1-2H3. The molecule has 0 spiro atoms. The molecule has 2 rings (SSSR count). The highest BCUT2D eigenvalue weighted by atomic mass is 16.5. The van der Waals surface area contributed by atoms with Gasteiger partial charge < -0.3 is 10.1 Å². The molecular weight excluding hydrogens is 248 g/mol. The van der Waals surface area contributed by atoms with Crippen LogP contribution < -0.4 is 5.32 Å². The smallest absolute Gasteiger partial charge is 0.0589 e. The number of methoxy groups -OCH3 is 1. The molecule has 3 nitrogen and oxygen atoms in total. The van der Waals surface area contributed by atoms with E-state index in [1.165, 1.54) is 18.4 Å². The molecule has 1 aromatic rings. The minimum Gasteiger partial charge on any atom is -0.383 e. The van der Waals surface area contributed by atoms with Crippen LogP contribution in [0.5, 0.6) is 0 Å². The molecular formula is C17H28N2O. The van der Waals surface area contributed by atoms with Crippen LogP contribution in [-0.4, -0.2) is 50.3 Å². The van der Waals surface area contributed by atoms with Crippen molar-refractivity contribution in [3.8, 4) is 0 Å². The molecule has 112 valence electrons. The molecule has 1 N–H and O–H groups in total. The molecule has 1 heterocycles. The van der Waals surface area contributed by atoms with Gasteiger partial charge in [0, 0.05) is 38.8 Å². The Bertz CT molecular complexity index is 369. The quantitative estimate of drug-likeness (QED) is 0.827. The van der Waals surface area contributed by atoms with Crippen molar-refractivity contribution < 1.29 is 4.74 Å². The van der Waals surface area contributed by atoms with Gasteiger partial charge in [0.15, 0.2) is 0 Å². The molecule has 1 aliphatic heterocycles. The summed E-state index contributed by atoms with van der Waals surface area (Å²) in [5.74, 6) is 0. The predicted octanol–water partition coefficient (Wildman–Crippen LogP) is 2.32. The van der Waals surface area contributed by atoms with Crippen LogP contribution in [0.25, 0.3) is 0 Å². The molecule has 0 radical (unpaired) electrons. The lowest BCUT2D eigenvalue weighted by atomic mass is 9.99. The first-order chi connectivity index (χ1) is 9.83. The minimum absolute atomic E-state index is 0.584. The van der Waals surface area contributed by atoms with E-state index in [9.17, 15) is 0 Å². The zero-order valence-electron chi connectivity index (χ0n) is 12.8. The van der Waals surface area contributed by atoms with E-state index in [-0.39, 0.29) is 0 Å². The summed E-state index contributed by atoms with van der Waals surface area (Å²) in [7, 11) is 1.79. The molecule has 0 aliphatic carbocycles. The molecule has 3 heteroatoms. The molecule has 1 saturated heterocycles. The molecule has 0 saturated carbocycles. The summed E-state index contributed by atoms with van der Waals surface area (Å²) in [5.41, 5.74) is 1.43. The lowest BCUT2D eigenvalue weighted by Crippen LogP contribution is -2.57. The number of nitrogens with one attached hydrogen (secondary N) is 1. The van der Waals surface area contributed by atoms with E-state index in [1.807, 2.05) is 0 Å². The molecule has 0 aromatic heterocycles. The molecule has 2 atom stereocenters. The van der Waals surface area contributed by atoms with E-state index in [1.54, 1.807) is 7.11 Å². The lowest BCUT2D eigenvalue weighted by molar-refractivity contribution is 0.0843. The Balaban J connectivity index is 1.94. The largest absolute Gasteiger partial charge is 0.383 e. The van der Waals surface area contributed by atoms with E-state index in [4.69, 9.17) is 4.74 Å². The number of hydrogen-bond donors (Lipinski definition) is 1. The normalized spacial score (nSPS) is 23.9. The second-order valence-electron chi connectivity index (χ2n) is 5.73. The van der Waals surface area contributed by atoms with Gasteiger partial charge in [-0.3, -0.25) is 4.90 Å². The maximum Gasteiger partial charge on any atom is 0.0589 e. The maximum absolute atomic E-state index is 5.28. The predicted molar refractivity (Wildman–Crippen MR) is 84.1 cm³/mol. The van der Waals surface area contributed by atoms with Crippen molar-refractivity contribution >= 4 is 0 Å². The molecule has 1 fully saturated rings. The number of ether oxygens (including phenoxy) is 1. The summed E-state index contributed by atoms with van der Waals surface area (Å²) in [6.07, 6.45) is 3.64. The highest BCUT2D eigenvalue weighted by molar-refractivity contribution is 5.16. The van der Waals surface area contributed by atoms with E-state index in [0.717, 1.165) is 32.7 Å². The third-order valence-electron chi connectivity index (χ3n) is 4.15. The Hall–Kier alpha value is -0.900. The highest BCUT2D eigenvalue weighted by Crippen LogP contribution is 2.15. The van der Waals surface area contributed by atoms with Crippen molar-refractivity contribution in [2.75, 3.05) is 33.4 Å². The second-order valence-corrected chi connectivity index (χ2v) is 5.73. The topological polar surface area (TPSA) is 24.5 Å². The summed E-state index contributed by atoms with van der Waals surface area (Å²) in [4.78, 5) is 2.60. The summed E-state index contributed by atoms with van der Waals surface area (Å²) in [5, 5.41) is 3.71. The van der Waals surface area contributed by atoms with Crippen molar-refractivity contribution in [1.29, 1.82) is 0 Å². The van der Waals surface area contributed by atoms with Crippen LogP contribution in [0.3, 0.4) is 0 Å². The van der Waals surface area contributed by atoms with Crippen LogP contribution in [-0.2, 0) is 11.2 Å². The van der Waals surface area contributed by atoms with Gasteiger partial charge in [-0.25, -0.2) is 0 Å². The van der Waals surface area contributed by atoms with Gasteiger partial charge in [-0.05, 0) is 18.4 Å². The zero-order chi connectivity index (χ0) is 14.2. The van der Waals surface area contributed by atoms with Crippen LogP contribution in [0.4, 0.5) is 0 Å². The first-order valence-corrected chi connectivity index (χ1v) is 7.83. The zero-order valence-corrected chi connectivity index (χ0v) is 12.8. The fraction of sp³-hybridized carbons (Fsp3) is 0.647. The monoisotopic (exact) mass is 276 g/mol. The van der Waals surface area contributed by atoms with Crippen LogP contribution in [0.15, 0.2) is 30.3 Å². The average molecular weight is 276 g/mol. The Labute approximate surface area is 123 Å². The van der Waals surface area contributed by atoms with Crippen LogP contribution >= 0.6 is 0 Å². The van der Waals surface area contributed by atoms with Gasteiger partial charge in [-0.2, -0.15) is 0 Å². The fourth-order valence-corrected chi connectivity index (χ4v) is 3.04. The van der Waals surface area contributed by atoms with Gasteiger partial charge in [0.05, 0.1) is 6.61 Å². The van der Waals surface area contributed by atoms with Gasteiger partial charge in [0.25, 0.3) is 0 Å². The summed E-state index contributed by atoms with van der Waals surface area (Å²) < 4.78 is 5.28. The van der Waals surface area contributed by atoms with Crippen molar-refractivity contribution in [3.05, 3.63) is 35.9 Å². The lowest BCUT2D eigenvalue weighted by Gasteiger charge is -2.40. The molecule has 0 bridgehead atoms. The third kappa shape index (κ3) is 4.58. The highest BCUT2D eigenvalue weighted by Gasteiger charge is 2.27. The van der Waals surface area contributed by atoms with Gasteiger partial charge in [0.2, 0.25) is 0 Å². The average Bonchev–Trinajstić information content (AvgIpc) is 2.48. The number of benzene rings is 1. The molecule has 1 aromatic carbocycles. The first kappa shape index (κ1) is 15.5. The fourth-order valence-electron chi connectivity index (χ4n) is 3.04. The van der Waals surface area contributed by atoms with E-state index < -0.39 is 0 Å². The van der Waals surface area contributed by atoms with Gasteiger partial charge >= 0.3 is 0 Å². The van der Waals surface area contributed by atoms with E-state index in [0.29, 0.717) is 12.1 Å². The van der Waals surface area contributed by atoms with Gasteiger partial charge in [-0.15, -0.1) is 0 Å². The Morgan fingerprint density at radius 3 is 2.80 bits per heavy atom. The van der Waals surface area contributed by atoms with Crippen LogP contribution in [0.2, 0.25) is 0 Å². The number of nitrogens with zero attached hydrogens (tertiary/aromatic N) is 1. The number of piperazine rings is 1. The number of hydrogen-bond acceptors (Lipinski definition) is 3.